The van der Waals surface area contributed by atoms with E-state index in [1.54, 1.807) is 28.8 Å². The van der Waals surface area contributed by atoms with Crippen molar-refractivity contribution in [3.05, 3.63) is 12.1 Å². The van der Waals surface area contributed by atoms with Gasteiger partial charge in [-0.2, -0.15) is 0 Å². The molecule has 0 bridgehead atoms. The van der Waals surface area contributed by atoms with Crippen molar-refractivity contribution in [1.29, 1.82) is 0 Å². The number of aliphatic hydroxyl groups excluding tert-OH is 2. The number of aliphatic hydroxyl groups is 2. The minimum atomic E-state index is -0.272. The van der Waals surface area contributed by atoms with Gasteiger partial charge in [0.25, 0.3) is 5.13 Å². The van der Waals surface area contributed by atoms with Crippen LogP contribution < -0.4 is 15.0 Å². The number of methoxy groups -OCH3 is 1. The summed E-state index contributed by atoms with van der Waals surface area (Å²) in [5.41, 5.74) is 1.41. The summed E-state index contributed by atoms with van der Waals surface area (Å²) in [6.45, 7) is 3.80. The minimum absolute atomic E-state index is 0.102. The maximum atomic E-state index is 11.7. The molecule has 0 saturated carbocycles. The molecule has 0 unspecified atom stereocenters. The number of amides is 1. The molecule has 0 spiro atoms. The lowest BCUT2D eigenvalue weighted by Gasteiger charge is -2.26. The fourth-order valence-electron chi connectivity index (χ4n) is 2.46. The third-order valence-corrected chi connectivity index (χ3v) is 5.42. The van der Waals surface area contributed by atoms with Gasteiger partial charge in [-0.25, -0.2) is 0 Å². The van der Waals surface area contributed by atoms with Crippen molar-refractivity contribution in [2.45, 2.75) is 18.2 Å². The number of hydrogen-bond acceptors (Lipinski definition) is 11. The summed E-state index contributed by atoms with van der Waals surface area (Å²) < 4.78 is 6.27. The van der Waals surface area contributed by atoms with Gasteiger partial charge in [0.2, 0.25) is 5.91 Å². The van der Waals surface area contributed by atoms with Gasteiger partial charge < -0.3 is 25.2 Å². The quantitative estimate of drug-likeness (QED) is 0.359. The number of nitrogens with one attached hydrogen (secondary N) is 1. The highest BCUT2D eigenvalue weighted by molar-refractivity contribution is 8.01. The fraction of sp³-hybridized carbons (Fsp3) is 0.471. The molecule has 10 nitrogen and oxygen atoms in total. The second-order valence-corrected chi connectivity index (χ2v) is 8.11. The Hall–Kier alpha value is -2.28. The highest BCUT2D eigenvalue weighted by atomic mass is 32.2. The maximum Gasteiger partial charge on any atom is 0.252 e. The molecule has 2 rings (SSSR count). The van der Waals surface area contributed by atoms with Crippen LogP contribution in [-0.4, -0.2) is 65.5 Å². The Kier molecular flexibility index (Phi) is 9.25. The second kappa shape index (κ2) is 11.7. The van der Waals surface area contributed by atoms with Gasteiger partial charge in [-0.1, -0.05) is 30.0 Å². The maximum absolute atomic E-state index is 11.7. The van der Waals surface area contributed by atoms with Crippen LogP contribution in [0.4, 0.5) is 22.2 Å². The van der Waals surface area contributed by atoms with Crippen LogP contribution in [0.5, 0.6) is 5.75 Å². The van der Waals surface area contributed by atoms with Crippen LogP contribution in [0.2, 0.25) is 0 Å². The van der Waals surface area contributed by atoms with E-state index in [0.29, 0.717) is 41.0 Å². The number of carbonyl (C=O) groups excluding carboxylic acids is 1. The summed E-state index contributed by atoms with van der Waals surface area (Å²) in [6.07, 6.45) is 0. The number of anilines is 2. The molecule has 3 N–H and O–H groups in total. The number of hydrogen-bond donors (Lipinski definition) is 3. The third kappa shape index (κ3) is 6.63. The number of carbonyl (C=O) groups is 1. The van der Waals surface area contributed by atoms with E-state index in [1.807, 2.05) is 6.92 Å². The first-order valence-electron chi connectivity index (χ1n) is 8.86. The van der Waals surface area contributed by atoms with Crippen molar-refractivity contribution < 1.29 is 19.7 Å². The van der Waals surface area contributed by atoms with Gasteiger partial charge in [-0.05, 0) is 11.8 Å². The number of nitrogens with zero attached hydrogens (tertiary/aromatic N) is 5. The Morgan fingerprint density at radius 2 is 2.00 bits per heavy atom. The highest BCUT2D eigenvalue weighted by Crippen LogP contribution is 2.39. The number of ether oxygens (including phenoxy) is 1. The van der Waals surface area contributed by atoms with Crippen molar-refractivity contribution in [3.8, 4) is 5.75 Å². The summed E-state index contributed by atoms with van der Waals surface area (Å²) in [6, 6.07) is 3.31. The lowest BCUT2D eigenvalue weighted by Crippen LogP contribution is -2.30. The molecule has 0 saturated heterocycles. The molecule has 1 amide bonds. The van der Waals surface area contributed by atoms with E-state index < -0.39 is 0 Å². The monoisotopic (exact) mass is 440 g/mol. The number of azo groups is 1. The van der Waals surface area contributed by atoms with Gasteiger partial charge in [-0.15, -0.1) is 20.4 Å². The fourth-order valence-corrected chi connectivity index (χ4v) is 4.02. The lowest BCUT2D eigenvalue weighted by atomic mass is 10.2. The van der Waals surface area contributed by atoms with Crippen molar-refractivity contribution in [2.75, 3.05) is 49.4 Å². The molecule has 12 heteroatoms. The van der Waals surface area contributed by atoms with Crippen LogP contribution in [0.15, 0.2) is 26.7 Å². The van der Waals surface area contributed by atoms with Crippen LogP contribution in [-0.2, 0) is 4.79 Å². The molecule has 1 aromatic carbocycles. The Labute approximate surface area is 177 Å². The standard InChI is InChI=1S/C17H24N6O4S2/c1-4-28-17-22-21-16(29-17)20-19-13-10-15(27-3)14(9-12(13)18-11(2)26)23(5-7-24)6-8-25/h9-10,24-25H,4-8H2,1-3H3,(H,18,26). The van der Waals surface area contributed by atoms with Crippen LogP contribution in [0, 0.1) is 0 Å². The largest absolute Gasteiger partial charge is 0.494 e. The number of thioether (sulfide) groups is 1. The zero-order valence-electron chi connectivity index (χ0n) is 16.5. The van der Waals surface area contributed by atoms with Crippen LogP contribution >= 0.6 is 23.1 Å². The third-order valence-electron chi connectivity index (χ3n) is 3.60. The predicted molar refractivity (Wildman–Crippen MR) is 114 cm³/mol. The van der Waals surface area contributed by atoms with Crippen LogP contribution in [0.1, 0.15) is 13.8 Å². The zero-order chi connectivity index (χ0) is 21.2. The van der Waals surface area contributed by atoms with Crippen molar-refractivity contribution in [1.82, 2.24) is 10.2 Å². The van der Waals surface area contributed by atoms with Gasteiger partial charge in [-0.3, -0.25) is 4.79 Å². The molecule has 0 aliphatic rings. The molecule has 29 heavy (non-hydrogen) atoms. The van der Waals surface area contributed by atoms with E-state index in [1.165, 1.54) is 25.4 Å². The molecular formula is C17H24N6O4S2. The van der Waals surface area contributed by atoms with Crippen molar-refractivity contribution in [2.24, 2.45) is 10.2 Å². The van der Waals surface area contributed by atoms with Crippen molar-refractivity contribution >= 4 is 51.2 Å². The number of aromatic nitrogens is 2. The lowest BCUT2D eigenvalue weighted by molar-refractivity contribution is -0.114. The van der Waals surface area contributed by atoms with Gasteiger partial charge >= 0.3 is 0 Å². The predicted octanol–water partition coefficient (Wildman–Crippen LogP) is 2.82. The van der Waals surface area contributed by atoms with Gasteiger partial charge in [0.1, 0.15) is 11.4 Å². The summed E-state index contributed by atoms with van der Waals surface area (Å²) >= 11 is 2.90. The zero-order valence-corrected chi connectivity index (χ0v) is 18.1. The smallest absolute Gasteiger partial charge is 0.252 e. The minimum Gasteiger partial charge on any atom is -0.494 e. The first kappa shape index (κ1) is 23.0. The van der Waals surface area contributed by atoms with E-state index in [2.05, 4.69) is 25.7 Å². The SMILES string of the molecule is CCSc1nnc(N=Nc2cc(OC)c(N(CCO)CCO)cc2NC(C)=O)s1. The Morgan fingerprint density at radius 3 is 2.59 bits per heavy atom. The van der Waals surface area contributed by atoms with E-state index in [9.17, 15) is 15.0 Å². The molecule has 2 aromatic rings. The summed E-state index contributed by atoms with van der Waals surface area (Å²) in [5.74, 6) is 1.08. The van der Waals surface area contributed by atoms with E-state index in [4.69, 9.17) is 4.74 Å². The second-order valence-electron chi connectivity index (χ2n) is 5.64. The van der Waals surface area contributed by atoms with E-state index in [0.717, 1.165) is 10.1 Å². The summed E-state index contributed by atoms with van der Waals surface area (Å²) in [7, 11) is 1.51. The summed E-state index contributed by atoms with van der Waals surface area (Å²) in [5, 5.41) is 38.1. The first-order valence-corrected chi connectivity index (χ1v) is 10.7. The molecule has 0 radical (unpaired) electrons. The molecule has 1 heterocycles. The average molecular weight is 441 g/mol. The van der Waals surface area contributed by atoms with Crippen LogP contribution in [0.3, 0.4) is 0 Å². The van der Waals surface area contributed by atoms with Crippen molar-refractivity contribution in [3.63, 3.8) is 0 Å². The molecule has 0 aliphatic heterocycles. The number of benzene rings is 1. The van der Waals surface area contributed by atoms with E-state index in [-0.39, 0.29) is 19.1 Å². The molecule has 1 aromatic heterocycles. The van der Waals surface area contributed by atoms with Crippen LogP contribution in [0.25, 0.3) is 0 Å². The molecule has 0 fully saturated rings. The molecule has 158 valence electrons. The molecule has 0 aliphatic carbocycles. The Bertz CT molecular complexity index is 839. The highest BCUT2D eigenvalue weighted by Gasteiger charge is 2.17. The topological polar surface area (TPSA) is 133 Å². The Morgan fingerprint density at radius 1 is 1.28 bits per heavy atom. The van der Waals surface area contributed by atoms with E-state index >= 15 is 0 Å². The number of rotatable bonds is 11. The van der Waals surface area contributed by atoms with Gasteiger partial charge in [0.15, 0.2) is 4.34 Å². The first-order chi connectivity index (χ1) is 14.0. The molecule has 0 atom stereocenters. The normalized spacial score (nSPS) is 11.1. The Balaban J connectivity index is 2.43. The average Bonchev–Trinajstić information content (AvgIpc) is 3.14. The molecular weight excluding hydrogens is 416 g/mol. The summed E-state index contributed by atoms with van der Waals surface area (Å²) in [4.78, 5) is 13.4. The van der Waals surface area contributed by atoms with Gasteiger partial charge in [0.05, 0.1) is 31.7 Å². The van der Waals surface area contributed by atoms with Gasteiger partial charge in [0, 0.05) is 26.1 Å².